The fraction of sp³-hybridized carbons (Fsp3) is 0.286. The topological polar surface area (TPSA) is 37.8 Å². The second-order valence-corrected chi connectivity index (χ2v) is 3.89. The Morgan fingerprint density at radius 1 is 0.941 bits per heavy atom. The summed E-state index contributed by atoms with van der Waals surface area (Å²) in [6.45, 7) is 3.75. The molecule has 0 aliphatic heterocycles. The molecule has 0 aliphatic carbocycles. The van der Waals surface area contributed by atoms with E-state index in [1.807, 2.05) is 6.07 Å². The molecule has 3 nitrogen and oxygen atoms in total. The van der Waals surface area contributed by atoms with Crippen LogP contribution in [0.5, 0.6) is 0 Å². The van der Waals surface area contributed by atoms with Crippen LogP contribution < -0.4 is 5.32 Å². The quantitative estimate of drug-likeness (QED) is 0.852. The predicted octanol–water partition coefficient (Wildman–Crippen LogP) is 2.33. The smallest absolute Gasteiger partial charge is 0.141 e. The van der Waals surface area contributed by atoms with Crippen LogP contribution in [0.25, 0.3) is 0 Å². The maximum Gasteiger partial charge on any atom is 0.141 e. The highest BCUT2D eigenvalue weighted by molar-refractivity contribution is 5.26. The Kier molecular flexibility index (Phi) is 4.22. The maximum absolute atomic E-state index is 4.18. The molecule has 0 radical (unpaired) electrons. The molecular formula is C14H17N3. The van der Waals surface area contributed by atoms with Crippen molar-refractivity contribution in [2.75, 3.05) is 0 Å². The molecule has 0 saturated carbocycles. The van der Waals surface area contributed by atoms with Gasteiger partial charge in [-0.25, -0.2) is 9.97 Å². The summed E-state index contributed by atoms with van der Waals surface area (Å²) in [5.74, 6) is 0.835. The van der Waals surface area contributed by atoms with E-state index in [1.54, 1.807) is 12.4 Å². The molecule has 1 heterocycles. The van der Waals surface area contributed by atoms with Crippen LogP contribution in [0.4, 0.5) is 0 Å². The van der Waals surface area contributed by atoms with Crippen LogP contribution in [0, 0.1) is 0 Å². The highest BCUT2D eigenvalue weighted by Crippen LogP contribution is 2.08. The van der Waals surface area contributed by atoms with Crippen molar-refractivity contribution in [1.29, 1.82) is 0 Å². The zero-order valence-corrected chi connectivity index (χ0v) is 10.1. The third-order valence-corrected chi connectivity index (χ3v) is 2.72. The first-order valence-corrected chi connectivity index (χ1v) is 5.93. The molecule has 2 aromatic rings. The summed E-state index contributed by atoms with van der Waals surface area (Å²) in [6, 6.07) is 10.3. The molecule has 0 saturated heterocycles. The lowest BCUT2D eigenvalue weighted by molar-refractivity contribution is 0.658. The van der Waals surface area contributed by atoms with E-state index in [0.717, 1.165) is 18.8 Å². The SMILES string of the molecule is CCc1ccccc1CNCc1ncccn1. The first-order valence-electron chi connectivity index (χ1n) is 5.93. The van der Waals surface area contributed by atoms with Gasteiger partial charge in [0.05, 0.1) is 6.54 Å². The van der Waals surface area contributed by atoms with E-state index in [1.165, 1.54) is 11.1 Å². The largest absolute Gasteiger partial charge is 0.306 e. The zero-order chi connectivity index (χ0) is 11.9. The predicted molar refractivity (Wildman–Crippen MR) is 68.4 cm³/mol. The molecule has 1 aromatic heterocycles. The first-order chi connectivity index (χ1) is 8.40. The second-order valence-electron chi connectivity index (χ2n) is 3.89. The summed E-state index contributed by atoms with van der Waals surface area (Å²) in [5.41, 5.74) is 2.75. The lowest BCUT2D eigenvalue weighted by atomic mass is 10.1. The molecule has 2 rings (SSSR count). The third kappa shape index (κ3) is 3.36. The minimum Gasteiger partial charge on any atom is -0.306 e. The van der Waals surface area contributed by atoms with E-state index >= 15 is 0 Å². The Morgan fingerprint density at radius 3 is 2.35 bits per heavy atom. The summed E-state index contributed by atoms with van der Waals surface area (Å²) in [5, 5.41) is 3.37. The van der Waals surface area contributed by atoms with Gasteiger partial charge in [-0.1, -0.05) is 31.2 Å². The van der Waals surface area contributed by atoms with Gasteiger partial charge >= 0.3 is 0 Å². The highest BCUT2D eigenvalue weighted by Gasteiger charge is 1.99. The number of nitrogens with one attached hydrogen (secondary N) is 1. The van der Waals surface area contributed by atoms with Gasteiger partial charge in [-0.15, -0.1) is 0 Å². The van der Waals surface area contributed by atoms with Crippen LogP contribution in [0.2, 0.25) is 0 Å². The molecule has 0 bridgehead atoms. The minimum atomic E-state index is 0.707. The monoisotopic (exact) mass is 227 g/mol. The van der Waals surface area contributed by atoms with Gasteiger partial charge in [0.25, 0.3) is 0 Å². The number of rotatable bonds is 5. The van der Waals surface area contributed by atoms with Crippen molar-refractivity contribution in [1.82, 2.24) is 15.3 Å². The van der Waals surface area contributed by atoms with Crippen molar-refractivity contribution in [2.45, 2.75) is 26.4 Å². The van der Waals surface area contributed by atoms with Crippen LogP contribution in [-0.2, 0) is 19.5 Å². The molecule has 0 amide bonds. The van der Waals surface area contributed by atoms with Crippen LogP contribution in [0.15, 0.2) is 42.7 Å². The summed E-state index contributed by atoms with van der Waals surface area (Å²) in [4.78, 5) is 8.36. The van der Waals surface area contributed by atoms with E-state index in [0.29, 0.717) is 6.54 Å². The van der Waals surface area contributed by atoms with Gasteiger partial charge in [-0.05, 0) is 23.6 Å². The Morgan fingerprint density at radius 2 is 1.65 bits per heavy atom. The van der Waals surface area contributed by atoms with E-state index < -0.39 is 0 Å². The van der Waals surface area contributed by atoms with Crippen LogP contribution >= 0.6 is 0 Å². The second kappa shape index (κ2) is 6.11. The highest BCUT2D eigenvalue weighted by atomic mass is 14.9. The maximum atomic E-state index is 4.18. The molecule has 0 atom stereocenters. The zero-order valence-electron chi connectivity index (χ0n) is 10.1. The Hall–Kier alpha value is -1.74. The van der Waals surface area contributed by atoms with Gasteiger partial charge < -0.3 is 5.32 Å². The summed E-state index contributed by atoms with van der Waals surface area (Å²) in [7, 11) is 0. The molecule has 3 heteroatoms. The number of hydrogen-bond donors (Lipinski definition) is 1. The van der Waals surface area contributed by atoms with Gasteiger partial charge in [-0.3, -0.25) is 0 Å². The molecule has 0 aliphatic rings. The van der Waals surface area contributed by atoms with Gasteiger partial charge in [0.15, 0.2) is 0 Å². The number of aryl methyl sites for hydroxylation is 1. The lowest BCUT2D eigenvalue weighted by Crippen LogP contribution is -2.15. The van der Waals surface area contributed by atoms with Crippen molar-refractivity contribution in [3.8, 4) is 0 Å². The van der Waals surface area contributed by atoms with Gasteiger partial charge in [0.2, 0.25) is 0 Å². The number of benzene rings is 1. The summed E-state index contributed by atoms with van der Waals surface area (Å²) < 4.78 is 0. The van der Waals surface area contributed by atoms with E-state index in [4.69, 9.17) is 0 Å². The van der Waals surface area contributed by atoms with E-state index in [9.17, 15) is 0 Å². The Bertz CT molecular complexity index is 454. The molecule has 1 aromatic carbocycles. The molecule has 0 spiro atoms. The van der Waals surface area contributed by atoms with Crippen molar-refractivity contribution >= 4 is 0 Å². The fourth-order valence-electron chi connectivity index (χ4n) is 1.81. The minimum absolute atomic E-state index is 0.707. The number of nitrogens with zero attached hydrogens (tertiary/aromatic N) is 2. The normalized spacial score (nSPS) is 10.4. The average molecular weight is 227 g/mol. The van der Waals surface area contributed by atoms with E-state index in [2.05, 4.69) is 46.5 Å². The molecular weight excluding hydrogens is 210 g/mol. The van der Waals surface area contributed by atoms with Crippen LogP contribution in [0.1, 0.15) is 23.9 Å². The van der Waals surface area contributed by atoms with E-state index in [-0.39, 0.29) is 0 Å². The van der Waals surface area contributed by atoms with Crippen molar-refractivity contribution in [2.24, 2.45) is 0 Å². The van der Waals surface area contributed by atoms with Gasteiger partial charge in [-0.2, -0.15) is 0 Å². The molecule has 0 fully saturated rings. The number of aromatic nitrogens is 2. The summed E-state index contributed by atoms with van der Waals surface area (Å²) in [6.07, 6.45) is 4.60. The van der Waals surface area contributed by atoms with Gasteiger partial charge in [0, 0.05) is 18.9 Å². The first kappa shape index (κ1) is 11.7. The molecule has 17 heavy (non-hydrogen) atoms. The fourth-order valence-corrected chi connectivity index (χ4v) is 1.81. The van der Waals surface area contributed by atoms with Crippen LogP contribution in [-0.4, -0.2) is 9.97 Å². The average Bonchev–Trinajstić information content (AvgIpc) is 2.40. The molecule has 1 N–H and O–H groups in total. The van der Waals surface area contributed by atoms with Gasteiger partial charge in [0.1, 0.15) is 5.82 Å². The molecule has 0 unspecified atom stereocenters. The Balaban J connectivity index is 1.90. The van der Waals surface area contributed by atoms with Crippen molar-refractivity contribution in [3.05, 3.63) is 59.7 Å². The van der Waals surface area contributed by atoms with Crippen molar-refractivity contribution < 1.29 is 0 Å². The molecule has 88 valence electrons. The van der Waals surface area contributed by atoms with Crippen LogP contribution in [0.3, 0.4) is 0 Å². The number of hydrogen-bond acceptors (Lipinski definition) is 3. The Labute approximate surface area is 102 Å². The standard InChI is InChI=1S/C14H17N3/c1-2-12-6-3-4-7-13(12)10-15-11-14-16-8-5-9-17-14/h3-9,15H,2,10-11H2,1H3. The van der Waals surface area contributed by atoms with Crippen molar-refractivity contribution in [3.63, 3.8) is 0 Å². The lowest BCUT2D eigenvalue weighted by Gasteiger charge is -2.08. The third-order valence-electron chi connectivity index (χ3n) is 2.72. The summed E-state index contributed by atoms with van der Waals surface area (Å²) >= 11 is 0.